The highest BCUT2D eigenvalue weighted by molar-refractivity contribution is 5.92. The third-order valence-electron chi connectivity index (χ3n) is 3.59. The Morgan fingerprint density at radius 1 is 1.10 bits per heavy atom. The zero-order valence-electron chi connectivity index (χ0n) is 12.2. The molecule has 2 N–H and O–H groups in total. The predicted molar refractivity (Wildman–Crippen MR) is 81.7 cm³/mol. The molecule has 5 nitrogen and oxygen atoms in total. The number of nitrogens with one attached hydrogen (secondary N) is 2. The van der Waals surface area contributed by atoms with Gasteiger partial charge in [0.1, 0.15) is 0 Å². The van der Waals surface area contributed by atoms with E-state index in [0.717, 1.165) is 18.5 Å². The molecule has 108 valence electrons. The average Bonchev–Trinajstić information content (AvgIpc) is 3.28. The first kappa shape index (κ1) is 13.5. The van der Waals surface area contributed by atoms with Gasteiger partial charge in [-0.1, -0.05) is 6.07 Å². The second-order valence-electron chi connectivity index (χ2n) is 5.48. The predicted octanol–water partition coefficient (Wildman–Crippen LogP) is 2.73. The molecule has 1 aliphatic rings. The summed E-state index contributed by atoms with van der Waals surface area (Å²) in [5, 5.41) is 14.1. The highest BCUT2D eigenvalue weighted by Gasteiger charge is 2.24. The maximum atomic E-state index is 11.8. The van der Waals surface area contributed by atoms with E-state index < -0.39 is 0 Å². The third kappa shape index (κ3) is 3.37. The number of carbonyl (C=O) groups excluding carboxylic acids is 1. The summed E-state index contributed by atoms with van der Waals surface area (Å²) in [5.41, 5.74) is 3.78. The molecule has 0 unspecified atom stereocenters. The molecule has 0 atom stereocenters. The fraction of sp³-hybridized carbons (Fsp3) is 0.312. The maximum absolute atomic E-state index is 11.8. The largest absolute Gasteiger partial charge is 0.348 e. The Kier molecular flexibility index (Phi) is 3.56. The second kappa shape index (κ2) is 5.52. The van der Waals surface area contributed by atoms with Crippen molar-refractivity contribution >= 4 is 17.4 Å². The van der Waals surface area contributed by atoms with Gasteiger partial charge in [0.2, 0.25) is 0 Å². The molecule has 1 heterocycles. The van der Waals surface area contributed by atoms with Gasteiger partial charge in [0, 0.05) is 11.7 Å². The summed E-state index contributed by atoms with van der Waals surface area (Å²) in [6.45, 7) is 4.14. The highest BCUT2D eigenvalue weighted by atomic mass is 16.2. The van der Waals surface area contributed by atoms with Crippen molar-refractivity contribution < 1.29 is 4.79 Å². The highest BCUT2D eigenvalue weighted by Crippen LogP contribution is 2.20. The van der Waals surface area contributed by atoms with Crippen molar-refractivity contribution in [2.75, 3.05) is 5.32 Å². The number of aryl methyl sites for hydroxylation is 2. The number of nitrogens with zero attached hydrogens (tertiary/aromatic N) is 2. The molecule has 1 aromatic heterocycles. The van der Waals surface area contributed by atoms with Crippen molar-refractivity contribution in [3.05, 3.63) is 47.2 Å². The Balaban J connectivity index is 1.68. The van der Waals surface area contributed by atoms with Crippen molar-refractivity contribution in [3.63, 3.8) is 0 Å². The number of carbonyl (C=O) groups is 1. The first-order chi connectivity index (χ1) is 10.1. The van der Waals surface area contributed by atoms with Crippen LogP contribution in [-0.4, -0.2) is 22.1 Å². The van der Waals surface area contributed by atoms with Crippen molar-refractivity contribution in [2.45, 2.75) is 32.7 Å². The molecule has 5 heteroatoms. The fourth-order valence-corrected chi connectivity index (χ4v) is 1.97. The number of rotatable bonds is 4. The number of amides is 1. The summed E-state index contributed by atoms with van der Waals surface area (Å²) < 4.78 is 0. The van der Waals surface area contributed by atoms with Crippen LogP contribution >= 0.6 is 0 Å². The van der Waals surface area contributed by atoms with E-state index in [1.165, 1.54) is 11.1 Å². The summed E-state index contributed by atoms with van der Waals surface area (Å²) in [6, 6.07) is 9.90. The van der Waals surface area contributed by atoms with E-state index >= 15 is 0 Å². The smallest absolute Gasteiger partial charge is 0.272 e. The molecule has 1 aliphatic carbocycles. The fourth-order valence-electron chi connectivity index (χ4n) is 1.97. The topological polar surface area (TPSA) is 66.9 Å². The molecule has 1 aromatic carbocycles. The molecule has 0 saturated heterocycles. The molecule has 21 heavy (non-hydrogen) atoms. The summed E-state index contributed by atoms with van der Waals surface area (Å²) in [4.78, 5) is 11.8. The quantitative estimate of drug-likeness (QED) is 0.905. The van der Waals surface area contributed by atoms with E-state index in [-0.39, 0.29) is 5.91 Å². The van der Waals surface area contributed by atoms with Crippen LogP contribution < -0.4 is 10.6 Å². The van der Waals surface area contributed by atoms with Crippen LogP contribution in [0.5, 0.6) is 0 Å². The lowest BCUT2D eigenvalue weighted by atomic mass is 10.1. The molecule has 1 fully saturated rings. The van der Waals surface area contributed by atoms with Crippen LogP contribution in [0.4, 0.5) is 11.5 Å². The van der Waals surface area contributed by atoms with Gasteiger partial charge >= 0.3 is 0 Å². The van der Waals surface area contributed by atoms with E-state index in [1.54, 1.807) is 12.1 Å². The van der Waals surface area contributed by atoms with Crippen molar-refractivity contribution in [3.8, 4) is 0 Å². The molecule has 1 saturated carbocycles. The van der Waals surface area contributed by atoms with E-state index in [1.807, 2.05) is 6.07 Å². The number of anilines is 2. The van der Waals surface area contributed by atoms with Crippen molar-refractivity contribution in [1.82, 2.24) is 15.5 Å². The zero-order chi connectivity index (χ0) is 14.8. The third-order valence-corrected chi connectivity index (χ3v) is 3.59. The van der Waals surface area contributed by atoms with Gasteiger partial charge in [0.25, 0.3) is 5.91 Å². The van der Waals surface area contributed by atoms with Gasteiger partial charge in [0.05, 0.1) is 0 Å². The molecule has 0 spiro atoms. The summed E-state index contributed by atoms with van der Waals surface area (Å²) in [7, 11) is 0. The van der Waals surface area contributed by atoms with Crippen LogP contribution in [0, 0.1) is 13.8 Å². The van der Waals surface area contributed by atoms with Gasteiger partial charge < -0.3 is 10.6 Å². The first-order valence-electron chi connectivity index (χ1n) is 7.11. The zero-order valence-corrected chi connectivity index (χ0v) is 12.2. The van der Waals surface area contributed by atoms with Gasteiger partial charge in [-0.25, -0.2) is 0 Å². The molecule has 1 amide bonds. The van der Waals surface area contributed by atoms with Crippen LogP contribution in [0.3, 0.4) is 0 Å². The van der Waals surface area contributed by atoms with E-state index in [9.17, 15) is 4.79 Å². The van der Waals surface area contributed by atoms with Gasteiger partial charge in [-0.3, -0.25) is 4.79 Å². The van der Waals surface area contributed by atoms with Gasteiger partial charge in [-0.2, -0.15) is 0 Å². The van der Waals surface area contributed by atoms with Gasteiger partial charge in [-0.05, 0) is 62.1 Å². The number of benzene rings is 1. The Morgan fingerprint density at radius 3 is 2.52 bits per heavy atom. The van der Waals surface area contributed by atoms with Crippen LogP contribution in [0.15, 0.2) is 30.3 Å². The Morgan fingerprint density at radius 2 is 1.90 bits per heavy atom. The lowest BCUT2D eigenvalue weighted by Gasteiger charge is -2.08. The van der Waals surface area contributed by atoms with Gasteiger partial charge in [0.15, 0.2) is 11.5 Å². The minimum Gasteiger partial charge on any atom is -0.348 e. The van der Waals surface area contributed by atoms with Crippen LogP contribution in [0.25, 0.3) is 0 Å². The number of hydrogen-bond acceptors (Lipinski definition) is 4. The van der Waals surface area contributed by atoms with Crippen LogP contribution in [-0.2, 0) is 0 Å². The lowest BCUT2D eigenvalue weighted by Crippen LogP contribution is -2.26. The standard InChI is InChI=1S/C16H18N4O/c1-10-3-4-13(9-11(10)2)17-15-8-7-14(19-20-15)16(21)18-12-5-6-12/h3-4,7-9,12H,5-6H2,1-2H3,(H,17,20)(H,18,21). The molecular formula is C16H18N4O. The van der Waals surface area contributed by atoms with E-state index in [4.69, 9.17) is 0 Å². The second-order valence-corrected chi connectivity index (χ2v) is 5.48. The maximum Gasteiger partial charge on any atom is 0.272 e. The van der Waals surface area contributed by atoms with E-state index in [0.29, 0.717) is 17.6 Å². The Bertz CT molecular complexity index is 662. The SMILES string of the molecule is Cc1ccc(Nc2ccc(C(=O)NC3CC3)nn2)cc1C. The van der Waals surface area contributed by atoms with E-state index in [2.05, 4.69) is 46.8 Å². The molecular weight excluding hydrogens is 264 g/mol. The summed E-state index contributed by atoms with van der Waals surface area (Å²) in [6.07, 6.45) is 2.12. The van der Waals surface area contributed by atoms with Gasteiger partial charge in [-0.15, -0.1) is 10.2 Å². The van der Waals surface area contributed by atoms with Crippen LogP contribution in [0.2, 0.25) is 0 Å². The molecule has 0 radical (unpaired) electrons. The lowest BCUT2D eigenvalue weighted by molar-refractivity contribution is 0.0945. The monoisotopic (exact) mass is 282 g/mol. The number of hydrogen-bond donors (Lipinski definition) is 2. The Hall–Kier alpha value is -2.43. The summed E-state index contributed by atoms with van der Waals surface area (Å²) >= 11 is 0. The number of aromatic nitrogens is 2. The summed E-state index contributed by atoms with van der Waals surface area (Å²) in [5.74, 6) is 0.476. The minimum absolute atomic E-state index is 0.150. The Labute approximate surface area is 123 Å². The minimum atomic E-state index is -0.150. The van der Waals surface area contributed by atoms with Crippen LogP contribution in [0.1, 0.15) is 34.5 Å². The molecule has 0 aliphatic heterocycles. The first-order valence-corrected chi connectivity index (χ1v) is 7.11. The van der Waals surface area contributed by atoms with Crippen molar-refractivity contribution in [2.24, 2.45) is 0 Å². The molecule has 2 aromatic rings. The normalized spacial score (nSPS) is 13.8. The molecule has 0 bridgehead atoms. The molecule has 3 rings (SSSR count). The van der Waals surface area contributed by atoms with Crippen molar-refractivity contribution in [1.29, 1.82) is 0 Å². The average molecular weight is 282 g/mol.